The first-order valence-corrected chi connectivity index (χ1v) is 7.76. The summed E-state index contributed by atoms with van der Waals surface area (Å²) in [6.45, 7) is 5.32. The normalized spacial score (nSPS) is 12.5. The molecule has 1 aromatic heterocycles. The molecule has 0 saturated carbocycles. The number of methoxy groups -OCH3 is 1. The summed E-state index contributed by atoms with van der Waals surface area (Å²) in [7, 11) is 1.65. The van der Waals surface area contributed by atoms with Crippen LogP contribution in [0.1, 0.15) is 36.2 Å². The molecule has 0 atom stereocenters. The van der Waals surface area contributed by atoms with E-state index in [9.17, 15) is 4.79 Å². The second kappa shape index (κ2) is 5.87. The maximum absolute atomic E-state index is 12.2. The van der Waals surface area contributed by atoms with Crippen molar-refractivity contribution in [2.45, 2.75) is 33.2 Å². The molecule has 0 amide bonds. The highest BCUT2D eigenvalue weighted by Crippen LogP contribution is 2.40. The van der Waals surface area contributed by atoms with E-state index >= 15 is 0 Å². The first-order chi connectivity index (χ1) is 10.7. The third-order valence-electron chi connectivity index (χ3n) is 4.15. The smallest absolute Gasteiger partial charge is 0.164 e. The van der Waals surface area contributed by atoms with Gasteiger partial charge in [-0.2, -0.15) is 0 Å². The topological polar surface area (TPSA) is 40.5 Å². The summed E-state index contributed by atoms with van der Waals surface area (Å²) < 4.78 is 13.3. The molecule has 4 nitrogen and oxygen atoms in total. The monoisotopic (exact) mass is 299 g/mol. The maximum Gasteiger partial charge on any atom is 0.164 e. The summed E-state index contributed by atoms with van der Waals surface area (Å²) in [5.41, 5.74) is 4.10. The Balaban J connectivity index is 2.18. The van der Waals surface area contributed by atoms with E-state index < -0.39 is 0 Å². The number of carbonyl (C=O) groups excluding carboxylic acids is 1. The largest absolute Gasteiger partial charge is 0.493 e. The Morgan fingerprint density at radius 2 is 2.09 bits per heavy atom. The fraction of sp³-hybridized carbons (Fsp3) is 0.389. The van der Waals surface area contributed by atoms with Crippen LogP contribution in [0.15, 0.2) is 24.4 Å². The van der Waals surface area contributed by atoms with Crippen LogP contribution in [0.5, 0.6) is 11.5 Å². The number of benzene rings is 1. The lowest BCUT2D eigenvalue weighted by Crippen LogP contribution is -2.12. The highest BCUT2D eigenvalue weighted by atomic mass is 16.5. The van der Waals surface area contributed by atoms with Crippen LogP contribution in [-0.4, -0.2) is 24.1 Å². The van der Waals surface area contributed by atoms with Crippen molar-refractivity contribution in [2.75, 3.05) is 13.7 Å². The van der Waals surface area contributed by atoms with Crippen molar-refractivity contribution in [3.8, 4) is 22.8 Å². The molecule has 2 aromatic rings. The van der Waals surface area contributed by atoms with Crippen molar-refractivity contribution in [3.05, 3.63) is 35.5 Å². The summed E-state index contributed by atoms with van der Waals surface area (Å²) in [6.07, 6.45) is 3.45. The molecule has 1 aliphatic rings. The number of aromatic nitrogens is 1. The molecule has 0 unspecified atom stereocenters. The van der Waals surface area contributed by atoms with Gasteiger partial charge in [0.2, 0.25) is 0 Å². The Kier molecular flexibility index (Phi) is 3.92. The van der Waals surface area contributed by atoms with Gasteiger partial charge in [0.1, 0.15) is 0 Å². The van der Waals surface area contributed by atoms with E-state index in [1.807, 2.05) is 38.2 Å². The molecule has 0 N–H and O–H groups in total. The van der Waals surface area contributed by atoms with Crippen molar-refractivity contribution >= 4 is 5.78 Å². The molecule has 2 heterocycles. The predicted molar refractivity (Wildman–Crippen MR) is 85.9 cm³/mol. The number of aryl methyl sites for hydroxylation is 2. The molecule has 3 rings (SSSR count). The molecular formula is C18H21NO3. The van der Waals surface area contributed by atoms with Crippen LogP contribution in [-0.2, 0) is 13.0 Å². The number of hydrogen-bond acceptors (Lipinski definition) is 3. The maximum atomic E-state index is 12.2. The number of rotatable bonds is 5. The number of ether oxygens (including phenoxy) is 2. The van der Waals surface area contributed by atoms with E-state index in [-0.39, 0.29) is 5.78 Å². The number of ketones is 1. The van der Waals surface area contributed by atoms with Crippen molar-refractivity contribution in [3.63, 3.8) is 0 Å². The van der Waals surface area contributed by atoms with E-state index in [1.54, 1.807) is 7.11 Å². The molecule has 0 spiro atoms. The van der Waals surface area contributed by atoms with Gasteiger partial charge >= 0.3 is 0 Å². The highest BCUT2D eigenvalue weighted by Gasteiger charge is 2.24. The van der Waals surface area contributed by atoms with Crippen LogP contribution in [0.2, 0.25) is 0 Å². The van der Waals surface area contributed by atoms with E-state index in [0.29, 0.717) is 13.0 Å². The number of carbonyl (C=O) groups is 1. The van der Waals surface area contributed by atoms with Crippen LogP contribution in [0.4, 0.5) is 0 Å². The fourth-order valence-corrected chi connectivity index (χ4v) is 3.07. The van der Waals surface area contributed by atoms with E-state index in [0.717, 1.165) is 41.3 Å². The van der Waals surface area contributed by atoms with Gasteiger partial charge in [0.15, 0.2) is 17.3 Å². The number of nitrogens with zero attached hydrogens (tertiary/aromatic N) is 1. The second-order valence-electron chi connectivity index (χ2n) is 5.39. The molecule has 1 aromatic carbocycles. The molecule has 0 bridgehead atoms. The average molecular weight is 299 g/mol. The zero-order valence-corrected chi connectivity index (χ0v) is 13.3. The van der Waals surface area contributed by atoms with Crippen LogP contribution >= 0.6 is 0 Å². The van der Waals surface area contributed by atoms with Crippen LogP contribution in [0.3, 0.4) is 0 Å². The molecule has 0 radical (unpaired) electrons. The lowest BCUT2D eigenvalue weighted by atomic mass is 9.94. The lowest BCUT2D eigenvalue weighted by Gasteiger charge is -2.23. The van der Waals surface area contributed by atoms with Gasteiger partial charge in [-0.25, -0.2) is 0 Å². The number of fused-ring (bicyclic) bond motifs is 3. The SMILES string of the molecule is CCOc1cc2c(cc1OC)CCn1ccc(C(=O)CC)c1-2. The summed E-state index contributed by atoms with van der Waals surface area (Å²) in [6, 6.07) is 5.98. The molecular weight excluding hydrogens is 278 g/mol. The Hall–Kier alpha value is -2.23. The van der Waals surface area contributed by atoms with Gasteiger partial charge in [0, 0.05) is 30.3 Å². The third-order valence-corrected chi connectivity index (χ3v) is 4.15. The van der Waals surface area contributed by atoms with Gasteiger partial charge in [-0.15, -0.1) is 0 Å². The van der Waals surface area contributed by atoms with Crippen molar-refractivity contribution in [1.82, 2.24) is 4.57 Å². The minimum atomic E-state index is 0.176. The van der Waals surface area contributed by atoms with Gasteiger partial charge in [0.25, 0.3) is 0 Å². The summed E-state index contributed by atoms with van der Waals surface area (Å²) in [5.74, 6) is 1.66. The molecule has 0 fully saturated rings. The molecule has 4 heteroatoms. The number of hydrogen-bond donors (Lipinski definition) is 0. The van der Waals surface area contributed by atoms with Crippen LogP contribution < -0.4 is 9.47 Å². The van der Waals surface area contributed by atoms with Crippen LogP contribution in [0, 0.1) is 0 Å². The molecule has 0 aliphatic carbocycles. The van der Waals surface area contributed by atoms with Gasteiger partial charge in [-0.1, -0.05) is 6.92 Å². The zero-order chi connectivity index (χ0) is 15.7. The van der Waals surface area contributed by atoms with Crippen molar-refractivity contribution < 1.29 is 14.3 Å². The summed E-state index contributed by atoms with van der Waals surface area (Å²) in [5, 5.41) is 0. The Morgan fingerprint density at radius 3 is 2.77 bits per heavy atom. The van der Waals surface area contributed by atoms with E-state index in [4.69, 9.17) is 9.47 Å². The molecule has 22 heavy (non-hydrogen) atoms. The summed E-state index contributed by atoms with van der Waals surface area (Å²) in [4.78, 5) is 12.2. The van der Waals surface area contributed by atoms with Crippen LogP contribution in [0.25, 0.3) is 11.3 Å². The minimum Gasteiger partial charge on any atom is -0.493 e. The quantitative estimate of drug-likeness (QED) is 0.790. The average Bonchev–Trinajstić information content (AvgIpc) is 2.98. The fourth-order valence-electron chi connectivity index (χ4n) is 3.07. The Morgan fingerprint density at radius 1 is 1.27 bits per heavy atom. The lowest BCUT2D eigenvalue weighted by molar-refractivity contribution is 0.0988. The van der Waals surface area contributed by atoms with E-state index in [1.165, 1.54) is 5.56 Å². The first-order valence-electron chi connectivity index (χ1n) is 7.76. The molecule has 0 saturated heterocycles. The molecule has 116 valence electrons. The standard InChI is InChI=1S/C18H21NO3/c1-4-15(20)13-7-9-19-8-6-12-10-16(21-3)17(22-5-2)11-14(12)18(13)19/h7,9-11H,4-6,8H2,1-3H3. The predicted octanol–water partition coefficient (Wildman–Crippen LogP) is 3.71. The minimum absolute atomic E-state index is 0.176. The summed E-state index contributed by atoms with van der Waals surface area (Å²) >= 11 is 0. The molecule has 1 aliphatic heterocycles. The highest BCUT2D eigenvalue weighted by molar-refractivity contribution is 6.02. The van der Waals surface area contributed by atoms with E-state index in [2.05, 4.69) is 4.57 Å². The van der Waals surface area contributed by atoms with Crippen molar-refractivity contribution in [2.24, 2.45) is 0 Å². The van der Waals surface area contributed by atoms with Gasteiger partial charge in [-0.3, -0.25) is 4.79 Å². The zero-order valence-electron chi connectivity index (χ0n) is 13.3. The first kappa shape index (κ1) is 14.7. The second-order valence-corrected chi connectivity index (χ2v) is 5.39. The van der Waals surface area contributed by atoms with Crippen molar-refractivity contribution in [1.29, 1.82) is 0 Å². The number of Topliss-reactive ketones (excluding diaryl/α,β-unsaturated/α-hetero) is 1. The third kappa shape index (κ3) is 2.28. The Labute approximate surface area is 130 Å². The van der Waals surface area contributed by atoms with Gasteiger partial charge in [0.05, 0.1) is 19.4 Å². The Bertz CT molecular complexity index is 715. The van der Waals surface area contributed by atoms with Gasteiger partial charge < -0.3 is 14.0 Å². The van der Waals surface area contributed by atoms with Gasteiger partial charge in [-0.05, 0) is 37.1 Å².